The molecule has 0 atom stereocenters. The van der Waals surface area contributed by atoms with Crippen molar-refractivity contribution in [2.75, 3.05) is 0 Å². The molecule has 0 aliphatic rings. The standard InChI is InChI=1S/C8H9BrFN.ClH/c1-5-2-6(4-11)7(9)3-8(5)10;/h2-3H,4,11H2,1H3;1H. The van der Waals surface area contributed by atoms with E-state index in [0.29, 0.717) is 12.1 Å². The Morgan fingerprint density at radius 1 is 1.50 bits per heavy atom. The lowest BCUT2D eigenvalue weighted by Crippen LogP contribution is -1.98. The molecular formula is C8H10BrClFN. The third-order valence-electron chi connectivity index (χ3n) is 1.55. The van der Waals surface area contributed by atoms with E-state index in [1.54, 1.807) is 13.0 Å². The molecule has 2 N–H and O–H groups in total. The lowest BCUT2D eigenvalue weighted by atomic mass is 10.1. The Labute approximate surface area is 85.7 Å². The Balaban J connectivity index is 0.00000121. The van der Waals surface area contributed by atoms with Gasteiger partial charge in [0.05, 0.1) is 0 Å². The van der Waals surface area contributed by atoms with Gasteiger partial charge < -0.3 is 5.73 Å². The number of rotatable bonds is 1. The number of halogens is 3. The number of hydrogen-bond donors (Lipinski definition) is 1. The van der Waals surface area contributed by atoms with E-state index in [-0.39, 0.29) is 18.2 Å². The lowest BCUT2D eigenvalue weighted by Gasteiger charge is -2.03. The van der Waals surface area contributed by atoms with Gasteiger partial charge in [-0.15, -0.1) is 12.4 Å². The van der Waals surface area contributed by atoms with Gasteiger partial charge in [-0.2, -0.15) is 0 Å². The summed E-state index contributed by atoms with van der Waals surface area (Å²) in [5.74, 6) is -0.200. The smallest absolute Gasteiger partial charge is 0.127 e. The molecule has 0 aliphatic heterocycles. The van der Waals surface area contributed by atoms with E-state index < -0.39 is 0 Å². The van der Waals surface area contributed by atoms with E-state index in [4.69, 9.17) is 5.73 Å². The molecule has 0 heterocycles. The van der Waals surface area contributed by atoms with Gasteiger partial charge in [0.2, 0.25) is 0 Å². The van der Waals surface area contributed by atoms with Crippen LogP contribution < -0.4 is 5.73 Å². The zero-order valence-electron chi connectivity index (χ0n) is 6.60. The van der Waals surface area contributed by atoms with Crippen LogP contribution in [0.4, 0.5) is 4.39 Å². The van der Waals surface area contributed by atoms with E-state index in [9.17, 15) is 4.39 Å². The molecule has 12 heavy (non-hydrogen) atoms. The zero-order chi connectivity index (χ0) is 8.43. The summed E-state index contributed by atoms with van der Waals surface area (Å²) in [4.78, 5) is 0. The van der Waals surface area contributed by atoms with Crippen molar-refractivity contribution in [2.45, 2.75) is 13.5 Å². The van der Waals surface area contributed by atoms with E-state index in [0.717, 1.165) is 10.0 Å². The van der Waals surface area contributed by atoms with Crippen LogP contribution in [0.15, 0.2) is 16.6 Å². The second-order valence-corrected chi connectivity index (χ2v) is 3.25. The topological polar surface area (TPSA) is 26.0 Å². The average Bonchev–Trinajstić information content (AvgIpc) is 1.97. The van der Waals surface area contributed by atoms with Crippen molar-refractivity contribution >= 4 is 28.3 Å². The second kappa shape index (κ2) is 4.80. The molecule has 0 aliphatic carbocycles. The van der Waals surface area contributed by atoms with Crippen molar-refractivity contribution in [3.05, 3.63) is 33.5 Å². The van der Waals surface area contributed by atoms with Crippen molar-refractivity contribution in [2.24, 2.45) is 5.73 Å². The molecule has 0 aromatic heterocycles. The summed E-state index contributed by atoms with van der Waals surface area (Å²) >= 11 is 3.22. The van der Waals surface area contributed by atoms with Crippen molar-refractivity contribution in [1.29, 1.82) is 0 Å². The number of aryl methyl sites for hydroxylation is 1. The van der Waals surface area contributed by atoms with Gasteiger partial charge in [-0.05, 0) is 24.1 Å². The highest BCUT2D eigenvalue weighted by Gasteiger charge is 2.02. The highest BCUT2D eigenvalue weighted by molar-refractivity contribution is 9.10. The fourth-order valence-electron chi connectivity index (χ4n) is 0.873. The number of benzene rings is 1. The summed E-state index contributed by atoms with van der Waals surface area (Å²) in [6.45, 7) is 2.16. The minimum absolute atomic E-state index is 0. The Kier molecular flexibility index (Phi) is 4.75. The maximum absolute atomic E-state index is 12.8. The predicted octanol–water partition coefficient (Wildman–Crippen LogP) is 2.78. The number of nitrogens with two attached hydrogens (primary N) is 1. The quantitative estimate of drug-likeness (QED) is 0.819. The summed E-state index contributed by atoms with van der Waals surface area (Å²) in [6, 6.07) is 3.19. The van der Waals surface area contributed by atoms with Crippen LogP contribution in [0.3, 0.4) is 0 Å². The third-order valence-corrected chi connectivity index (χ3v) is 2.29. The summed E-state index contributed by atoms with van der Waals surface area (Å²) < 4.78 is 13.6. The molecule has 1 aromatic carbocycles. The summed E-state index contributed by atoms with van der Waals surface area (Å²) in [5, 5.41) is 0. The summed E-state index contributed by atoms with van der Waals surface area (Å²) in [6.07, 6.45) is 0. The Hall–Kier alpha value is -0.120. The van der Waals surface area contributed by atoms with Gasteiger partial charge in [0.1, 0.15) is 5.82 Å². The van der Waals surface area contributed by atoms with Gasteiger partial charge in [0.15, 0.2) is 0 Å². The molecule has 0 saturated heterocycles. The van der Waals surface area contributed by atoms with Crippen LogP contribution in [0.2, 0.25) is 0 Å². The molecule has 0 unspecified atom stereocenters. The fourth-order valence-corrected chi connectivity index (χ4v) is 1.35. The predicted molar refractivity (Wildman–Crippen MR) is 54.0 cm³/mol. The molecule has 0 radical (unpaired) electrons. The normalized spacial score (nSPS) is 9.33. The van der Waals surface area contributed by atoms with Crippen LogP contribution in [0.25, 0.3) is 0 Å². The van der Waals surface area contributed by atoms with E-state index in [1.165, 1.54) is 6.07 Å². The molecule has 0 spiro atoms. The van der Waals surface area contributed by atoms with Gasteiger partial charge in [-0.3, -0.25) is 0 Å². The minimum atomic E-state index is -0.200. The van der Waals surface area contributed by atoms with Crippen molar-refractivity contribution in [3.8, 4) is 0 Å². The molecular weight excluding hydrogens is 244 g/mol. The van der Waals surface area contributed by atoms with Crippen LogP contribution >= 0.6 is 28.3 Å². The van der Waals surface area contributed by atoms with Crippen molar-refractivity contribution < 1.29 is 4.39 Å². The largest absolute Gasteiger partial charge is 0.326 e. The molecule has 4 heteroatoms. The molecule has 0 saturated carbocycles. The van der Waals surface area contributed by atoms with Gasteiger partial charge >= 0.3 is 0 Å². The Morgan fingerprint density at radius 3 is 2.58 bits per heavy atom. The molecule has 1 aromatic rings. The minimum Gasteiger partial charge on any atom is -0.326 e. The van der Waals surface area contributed by atoms with Gasteiger partial charge in [0, 0.05) is 11.0 Å². The maximum Gasteiger partial charge on any atom is 0.127 e. The summed E-state index contributed by atoms with van der Waals surface area (Å²) in [7, 11) is 0. The van der Waals surface area contributed by atoms with E-state index in [2.05, 4.69) is 15.9 Å². The molecule has 0 bridgehead atoms. The average molecular weight is 255 g/mol. The maximum atomic E-state index is 12.8. The first-order valence-corrected chi connectivity index (χ1v) is 4.09. The molecule has 68 valence electrons. The van der Waals surface area contributed by atoms with Crippen LogP contribution in [-0.2, 0) is 6.54 Å². The molecule has 0 amide bonds. The number of hydrogen-bond acceptors (Lipinski definition) is 1. The Bertz CT molecular complexity index is 278. The first-order chi connectivity index (χ1) is 5.15. The highest BCUT2D eigenvalue weighted by atomic mass is 79.9. The SMILES string of the molecule is Cc1cc(CN)c(Br)cc1F.Cl. The molecule has 0 fully saturated rings. The van der Waals surface area contributed by atoms with E-state index >= 15 is 0 Å². The Morgan fingerprint density at radius 2 is 2.08 bits per heavy atom. The van der Waals surface area contributed by atoms with Gasteiger partial charge in [-0.25, -0.2) is 4.39 Å². The summed E-state index contributed by atoms with van der Waals surface area (Å²) in [5.41, 5.74) is 6.98. The molecule has 1 nitrogen and oxygen atoms in total. The zero-order valence-corrected chi connectivity index (χ0v) is 9.01. The molecule has 1 rings (SSSR count). The van der Waals surface area contributed by atoms with Crippen molar-refractivity contribution in [1.82, 2.24) is 0 Å². The lowest BCUT2D eigenvalue weighted by molar-refractivity contribution is 0.616. The van der Waals surface area contributed by atoms with Crippen molar-refractivity contribution in [3.63, 3.8) is 0 Å². The van der Waals surface area contributed by atoms with Crippen LogP contribution in [0.5, 0.6) is 0 Å². The van der Waals surface area contributed by atoms with Gasteiger partial charge in [-0.1, -0.05) is 22.0 Å². The monoisotopic (exact) mass is 253 g/mol. The van der Waals surface area contributed by atoms with Crippen LogP contribution in [0.1, 0.15) is 11.1 Å². The van der Waals surface area contributed by atoms with Crippen LogP contribution in [0, 0.1) is 12.7 Å². The fraction of sp³-hybridized carbons (Fsp3) is 0.250. The third kappa shape index (κ3) is 2.44. The van der Waals surface area contributed by atoms with Crippen LogP contribution in [-0.4, -0.2) is 0 Å². The van der Waals surface area contributed by atoms with E-state index in [1.807, 2.05) is 0 Å². The highest BCUT2D eigenvalue weighted by Crippen LogP contribution is 2.20. The van der Waals surface area contributed by atoms with Gasteiger partial charge in [0.25, 0.3) is 0 Å². The first kappa shape index (κ1) is 11.9. The second-order valence-electron chi connectivity index (χ2n) is 2.40. The first-order valence-electron chi connectivity index (χ1n) is 3.29.